The maximum Gasteiger partial charge on any atom is 0.330 e. The number of benzene rings is 1. The number of hydrogen-bond donors (Lipinski definition) is 1. The van der Waals surface area contributed by atoms with Gasteiger partial charge in [-0.2, -0.15) is 0 Å². The summed E-state index contributed by atoms with van der Waals surface area (Å²) in [5.74, 6) is 0.817. The zero-order valence-electron chi connectivity index (χ0n) is 10.2. The normalized spacial score (nSPS) is 15.5. The fourth-order valence-corrected chi connectivity index (χ4v) is 2.05. The van der Waals surface area contributed by atoms with E-state index in [1.54, 1.807) is 25.2 Å². The average molecular weight is 268 g/mol. The molecule has 0 atom stereocenters. The second kappa shape index (κ2) is 4.86. The molecule has 1 saturated heterocycles. The van der Waals surface area contributed by atoms with E-state index in [1.165, 1.54) is 9.80 Å². The quantitative estimate of drug-likeness (QED) is 0.915. The Morgan fingerprint density at radius 1 is 1.50 bits per heavy atom. The van der Waals surface area contributed by atoms with Crippen molar-refractivity contribution in [1.82, 2.24) is 4.90 Å². The molecule has 0 unspecified atom stereocenters. The van der Waals surface area contributed by atoms with E-state index in [9.17, 15) is 4.79 Å². The summed E-state index contributed by atoms with van der Waals surface area (Å²) in [7, 11) is 1.66. The van der Waals surface area contributed by atoms with E-state index < -0.39 is 0 Å². The van der Waals surface area contributed by atoms with Gasteiger partial charge < -0.3 is 9.64 Å². The minimum atomic E-state index is -0.222. The van der Waals surface area contributed by atoms with Crippen LogP contribution >= 0.6 is 11.6 Å². The molecule has 6 heteroatoms. The first-order valence-electron chi connectivity index (χ1n) is 5.59. The van der Waals surface area contributed by atoms with Gasteiger partial charge in [-0.3, -0.25) is 5.41 Å². The predicted molar refractivity (Wildman–Crippen MR) is 70.9 cm³/mol. The molecule has 18 heavy (non-hydrogen) atoms. The molecule has 1 aromatic rings. The van der Waals surface area contributed by atoms with Gasteiger partial charge in [0.05, 0.1) is 23.9 Å². The fraction of sp³-hybridized carbons (Fsp3) is 0.333. The number of halogens is 1. The standard InChI is InChI=1S/C12H14ClN3O2/c1-3-18-10-5-4-8(6-9(10)13)16-11(14)7-15(2)12(16)17/h4-6,14H,3,7H2,1-2H3. The van der Waals surface area contributed by atoms with Crippen LogP contribution in [-0.4, -0.2) is 37.0 Å². The van der Waals surface area contributed by atoms with Gasteiger partial charge in [0.2, 0.25) is 0 Å². The number of amidine groups is 1. The van der Waals surface area contributed by atoms with Crippen LogP contribution in [0.5, 0.6) is 5.75 Å². The molecule has 0 aromatic heterocycles. The van der Waals surface area contributed by atoms with Crippen LogP contribution in [0.25, 0.3) is 0 Å². The summed E-state index contributed by atoms with van der Waals surface area (Å²) in [6.45, 7) is 2.71. The number of nitrogens with one attached hydrogen (secondary N) is 1. The first-order chi connectivity index (χ1) is 8.54. The van der Waals surface area contributed by atoms with Gasteiger partial charge in [0, 0.05) is 7.05 Å². The van der Waals surface area contributed by atoms with Gasteiger partial charge in [-0.1, -0.05) is 11.6 Å². The van der Waals surface area contributed by atoms with Crippen molar-refractivity contribution >= 4 is 29.2 Å². The summed E-state index contributed by atoms with van der Waals surface area (Å²) in [6, 6.07) is 4.85. The third kappa shape index (κ3) is 2.13. The Bertz CT molecular complexity index is 504. The monoisotopic (exact) mass is 267 g/mol. The number of likely N-dealkylation sites (N-methyl/N-ethyl adjacent to an activating group) is 1. The van der Waals surface area contributed by atoms with Gasteiger partial charge in [0.25, 0.3) is 0 Å². The summed E-state index contributed by atoms with van der Waals surface area (Å²) in [5, 5.41) is 8.23. The van der Waals surface area contributed by atoms with Gasteiger partial charge in [-0.05, 0) is 25.1 Å². The number of hydrogen-bond acceptors (Lipinski definition) is 3. The van der Waals surface area contributed by atoms with E-state index in [-0.39, 0.29) is 11.9 Å². The Hall–Kier alpha value is -1.75. The number of rotatable bonds is 3. The van der Waals surface area contributed by atoms with Gasteiger partial charge in [0.1, 0.15) is 11.6 Å². The zero-order chi connectivity index (χ0) is 13.3. The van der Waals surface area contributed by atoms with Crippen molar-refractivity contribution in [3.8, 4) is 5.75 Å². The zero-order valence-corrected chi connectivity index (χ0v) is 11.0. The van der Waals surface area contributed by atoms with Crippen molar-refractivity contribution in [2.45, 2.75) is 6.92 Å². The van der Waals surface area contributed by atoms with Gasteiger partial charge in [-0.25, -0.2) is 9.69 Å². The summed E-state index contributed by atoms with van der Waals surface area (Å²) in [6.07, 6.45) is 0. The van der Waals surface area contributed by atoms with Crippen LogP contribution in [0, 0.1) is 5.41 Å². The Labute approximate surface area is 110 Å². The number of anilines is 1. The summed E-state index contributed by atoms with van der Waals surface area (Å²) < 4.78 is 5.33. The largest absolute Gasteiger partial charge is 0.492 e. The van der Waals surface area contributed by atoms with Crippen LogP contribution in [0.1, 0.15) is 6.92 Å². The highest BCUT2D eigenvalue weighted by Gasteiger charge is 2.32. The number of urea groups is 1. The van der Waals surface area contributed by atoms with Gasteiger partial charge in [-0.15, -0.1) is 0 Å². The molecule has 1 aliphatic heterocycles. The molecule has 1 aliphatic rings. The number of ether oxygens (including phenoxy) is 1. The van der Waals surface area contributed by atoms with E-state index in [1.807, 2.05) is 6.92 Å². The van der Waals surface area contributed by atoms with Crippen molar-refractivity contribution < 1.29 is 9.53 Å². The van der Waals surface area contributed by atoms with Gasteiger partial charge in [0.15, 0.2) is 0 Å². The highest BCUT2D eigenvalue weighted by molar-refractivity contribution is 6.32. The summed E-state index contributed by atoms with van der Waals surface area (Å²) in [5.41, 5.74) is 0.586. The number of amides is 2. The predicted octanol–water partition coefficient (Wildman–Crippen LogP) is 2.59. The van der Waals surface area contributed by atoms with E-state index in [0.717, 1.165) is 0 Å². The van der Waals surface area contributed by atoms with Crippen molar-refractivity contribution in [2.24, 2.45) is 0 Å². The van der Waals surface area contributed by atoms with E-state index in [0.29, 0.717) is 29.6 Å². The number of carbonyl (C=O) groups is 1. The van der Waals surface area contributed by atoms with Crippen molar-refractivity contribution in [2.75, 3.05) is 25.1 Å². The maximum absolute atomic E-state index is 11.9. The Morgan fingerprint density at radius 3 is 2.72 bits per heavy atom. The molecular weight excluding hydrogens is 254 g/mol. The molecule has 2 rings (SSSR count). The average Bonchev–Trinajstić information content (AvgIpc) is 2.56. The number of carbonyl (C=O) groups excluding carboxylic acids is 1. The van der Waals surface area contributed by atoms with E-state index in [2.05, 4.69) is 0 Å². The molecule has 0 bridgehead atoms. The molecule has 0 radical (unpaired) electrons. The minimum Gasteiger partial charge on any atom is -0.492 e. The molecular formula is C12H14ClN3O2. The molecule has 0 spiro atoms. The molecule has 1 aromatic carbocycles. The summed E-state index contributed by atoms with van der Waals surface area (Å²) >= 11 is 6.07. The maximum atomic E-state index is 11.9. The first kappa shape index (κ1) is 12.7. The molecule has 5 nitrogen and oxygen atoms in total. The lowest BCUT2D eigenvalue weighted by atomic mass is 10.2. The van der Waals surface area contributed by atoms with Crippen LogP contribution in [0.4, 0.5) is 10.5 Å². The summed E-state index contributed by atoms with van der Waals surface area (Å²) in [4.78, 5) is 14.7. The lowest BCUT2D eigenvalue weighted by Gasteiger charge is -2.16. The third-order valence-electron chi connectivity index (χ3n) is 2.65. The van der Waals surface area contributed by atoms with E-state index >= 15 is 0 Å². The van der Waals surface area contributed by atoms with Crippen molar-refractivity contribution in [1.29, 1.82) is 5.41 Å². The molecule has 1 heterocycles. The van der Waals surface area contributed by atoms with Crippen LogP contribution in [0.15, 0.2) is 18.2 Å². The Balaban J connectivity index is 2.32. The van der Waals surface area contributed by atoms with Crippen molar-refractivity contribution in [3.05, 3.63) is 23.2 Å². The lowest BCUT2D eigenvalue weighted by molar-refractivity contribution is 0.229. The Morgan fingerprint density at radius 2 is 2.22 bits per heavy atom. The van der Waals surface area contributed by atoms with Crippen LogP contribution in [-0.2, 0) is 0 Å². The fourth-order valence-electron chi connectivity index (χ4n) is 1.82. The molecule has 2 amide bonds. The molecule has 1 fully saturated rings. The van der Waals surface area contributed by atoms with E-state index in [4.69, 9.17) is 21.7 Å². The van der Waals surface area contributed by atoms with Crippen LogP contribution < -0.4 is 9.64 Å². The van der Waals surface area contributed by atoms with Crippen molar-refractivity contribution in [3.63, 3.8) is 0 Å². The topological polar surface area (TPSA) is 56.6 Å². The number of nitrogens with zero attached hydrogens (tertiary/aromatic N) is 2. The third-order valence-corrected chi connectivity index (χ3v) is 2.94. The molecule has 0 saturated carbocycles. The lowest BCUT2D eigenvalue weighted by Crippen LogP contribution is -2.31. The molecule has 96 valence electrons. The second-order valence-electron chi connectivity index (χ2n) is 3.97. The van der Waals surface area contributed by atoms with Gasteiger partial charge >= 0.3 is 6.03 Å². The second-order valence-corrected chi connectivity index (χ2v) is 4.38. The van der Waals surface area contributed by atoms with Crippen LogP contribution in [0.3, 0.4) is 0 Å². The molecule has 0 aliphatic carbocycles. The highest BCUT2D eigenvalue weighted by atomic mass is 35.5. The SMILES string of the molecule is CCOc1ccc(N2C(=N)CN(C)C2=O)cc1Cl. The highest BCUT2D eigenvalue weighted by Crippen LogP contribution is 2.31. The molecule has 1 N–H and O–H groups in total. The smallest absolute Gasteiger partial charge is 0.330 e. The Kier molecular flexibility index (Phi) is 3.43. The first-order valence-corrected chi connectivity index (χ1v) is 5.97. The van der Waals surface area contributed by atoms with Crippen LogP contribution in [0.2, 0.25) is 5.02 Å². The minimum absolute atomic E-state index is 0.222.